The summed E-state index contributed by atoms with van der Waals surface area (Å²) in [6.45, 7) is 3.52. The van der Waals surface area contributed by atoms with E-state index in [1.54, 1.807) is 0 Å². The van der Waals surface area contributed by atoms with E-state index in [4.69, 9.17) is 0 Å². The summed E-state index contributed by atoms with van der Waals surface area (Å²) in [5, 5.41) is 0. The summed E-state index contributed by atoms with van der Waals surface area (Å²) in [5.74, 6) is 0. The molecule has 0 aromatic heterocycles. The van der Waals surface area contributed by atoms with E-state index in [-0.39, 0.29) is 16.3 Å². The fourth-order valence-electron chi connectivity index (χ4n) is 1.12. The molecule has 0 saturated heterocycles. The topological polar surface area (TPSA) is 80.3 Å². The third-order valence-electron chi connectivity index (χ3n) is 1.98. The smallest absolute Gasteiger partial charge is 0.224 e. The molecular formula is C10H13NO4S2. The Morgan fingerprint density at radius 3 is 2.00 bits per heavy atom. The normalized spacial score (nSPS) is 12.3. The lowest BCUT2D eigenvalue weighted by atomic mass is 10.4. The second kappa shape index (κ2) is 4.99. The highest BCUT2D eigenvalue weighted by Gasteiger charge is 2.14. The van der Waals surface area contributed by atoms with Crippen LogP contribution in [0.4, 0.5) is 0 Å². The lowest BCUT2D eigenvalue weighted by Gasteiger charge is -2.05. The first-order chi connectivity index (χ1) is 7.77. The predicted octanol–water partition coefficient (Wildman–Crippen LogP) is 0.554. The molecule has 0 saturated carbocycles. The van der Waals surface area contributed by atoms with Gasteiger partial charge in [0, 0.05) is 12.8 Å². The van der Waals surface area contributed by atoms with Gasteiger partial charge >= 0.3 is 0 Å². The zero-order valence-corrected chi connectivity index (χ0v) is 10.9. The van der Waals surface area contributed by atoms with Crippen LogP contribution in [0.25, 0.3) is 0 Å². The first-order valence-corrected chi connectivity index (χ1v) is 8.05. The van der Waals surface area contributed by atoms with Crippen molar-refractivity contribution in [2.24, 2.45) is 0 Å². The highest BCUT2D eigenvalue weighted by Crippen LogP contribution is 2.13. The first-order valence-electron chi connectivity index (χ1n) is 4.68. The van der Waals surface area contributed by atoms with E-state index in [9.17, 15) is 16.8 Å². The van der Waals surface area contributed by atoms with Gasteiger partial charge in [0.15, 0.2) is 9.84 Å². The standard InChI is InChI=1S/C10H13NO4S2/c1-3-8-11-17(14,15)10-6-4-9(5-7-10)16(2,12)13/h3-7,11H,1,8H2,2H3. The molecule has 0 atom stereocenters. The lowest BCUT2D eigenvalue weighted by Crippen LogP contribution is -2.23. The molecule has 0 unspecified atom stereocenters. The van der Waals surface area contributed by atoms with E-state index >= 15 is 0 Å². The number of benzene rings is 1. The summed E-state index contributed by atoms with van der Waals surface area (Å²) in [6.07, 6.45) is 2.48. The third-order valence-corrected chi connectivity index (χ3v) is 4.55. The van der Waals surface area contributed by atoms with Crippen LogP contribution >= 0.6 is 0 Å². The minimum absolute atomic E-state index is 0.0201. The fourth-order valence-corrected chi connectivity index (χ4v) is 2.75. The molecule has 0 aliphatic carbocycles. The van der Waals surface area contributed by atoms with Gasteiger partial charge in [0.05, 0.1) is 9.79 Å². The number of hydrogen-bond donors (Lipinski definition) is 1. The zero-order chi connectivity index (χ0) is 13.1. The fraction of sp³-hybridized carbons (Fsp3) is 0.200. The zero-order valence-electron chi connectivity index (χ0n) is 9.25. The van der Waals surface area contributed by atoms with Gasteiger partial charge in [0.25, 0.3) is 0 Å². The lowest BCUT2D eigenvalue weighted by molar-refractivity contribution is 0.584. The van der Waals surface area contributed by atoms with Crippen LogP contribution < -0.4 is 4.72 Å². The van der Waals surface area contributed by atoms with Crippen LogP contribution in [0.2, 0.25) is 0 Å². The Hall–Kier alpha value is -1.18. The van der Waals surface area contributed by atoms with Gasteiger partial charge in [-0.1, -0.05) is 6.08 Å². The molecule has 0 fully saturated rings. The van der Waals surface area contributed by atoms with E-state index < -0.39 is 19.9 Å². The Kier molecular flexibility index (Phi) is 4.07. The molecule has 0 spiro atoms. The molecule has 0 aliphatic rings. The minimum atomic E-state index is -3.60. The van der Waals surface area contributed by atoms with Gasteiger partial charge in [-0.3, -0.25) is 0 Å². The molecule has 1 N–H and O–H groups in total. The van der Waals surface area contributed by atoms with Crippen LogP contribution in [0.5, 0.6) is 0 Å². The van der Waals surface area contributed by atoms with Crippen molar-refractivity contribution in [3.63, 3.8) is 0 Å². The summed E-state index contributed by atoms with van der Waals surface area (Å²) >= 11 is 0. The van der Waals surface area contributed by atoms with E-state index in [0.29, 0.717) is 0 Å². The molecule has 0 radical (unpaired) electrons. The maximum absolute atomic E-state index is 11.6. The average Bonchev–Trinajstić information content (AvgIpc) is 2.25. The van der Waals surface area contributed by atoms with Crippen LogP contribution in [-0.4, -0.2) is 29.6 Å². The Balaban J connectivity index is 3.07. The van der Waals surface area contributed by atoms with Crippen molar-refractivity contribution in [3.05, 3.63) is 36.9 Å². The van der Waals surface area contributed by atoms with Crippen LogP contribution in [0.3, 0.4) is 0 Å². The van der Waals surface area contributed by atoms with Gasteiger partial charge in [0.1, 0.15) is 0 Å². The molecule has 1 aromatic rings. The average molecular weight is 275 g/mol. The molecule has 17 heavy (non-hydrogen) atoms. The van der Waals surface area contributed by atoms with E-state index in [0.717, 1.165) is 6.26 Å². The van der Waals surface area contributed by atoms with Gasteiger partial charge in [0.2, 0.25) is 10.0 Å². The Morgan fingerprint density at radius 2 is 1.59 bits per heavy atom. The van der Waals surface area contributed by atoms with Crippen molar-refractivity contribution in [1.29, 1.82) is 0 Å². The third kappa shape index (κ3) is 3.65. The van der Waals surface area contributed by atoms with E-state index in [1.165, 1.54) is 30.3 Å². The summed E-state index contributed by atoms with van der Waals surface area (Å²) in [4.78, 5) is 0.104. The van der Waals surface area contributed by atoms with Gasteiger partial charge in [-0.25, -0.2) is 21.6 Å². The molecule has 1 aromatic carbocycles. The maximum atomic E-state index is 11.6. The SMILES string of the molecule is C=CCNS(=O)(=O)c1ccc(S(C)(=O)=O)cc1. The summed E-state index contributed by atoms with van der Waals surface area (Å²) in [7, 11) is -6.91. The highest BCUT2D eigenvalue weighted by molar-refractivity contribution is 7.90. The number of nitrogens with one attached hydrogen (secondary N) is 1. The Morgan fingerprint density at radius 1 is 1.12 bits per heavy atom. The monoisotopic (exact) mass is 275 g/mol. The van der Waals surface area contributed by atoms with Crippen molar-refractivity contribution in [2.45, 2.75) is 9.79 Å². The second-order valence-electron chi connectivity index (χ2n) is 3.38. The summed E-state index contributed by atoms with van der Waals surface area (Å²) in [5.41, 5.74) is 0. The maximum Gasteiger partial charge on any atom is 0.240 e. The van der Waals surface area contributed by atoms with Crippen molar-refractivity contribution >= 4 is 19.9 Å². The van der Waals surface area contributed by atoms with Crippen LogP contribution in [-0.2, 0) is 19.9 Å². The van der Waals surface area contributed by atoms with Gasteiger partial charge in [-0.05, 0) is 24.3 Å². The van der Waals surface area contributed by atoms with E-state index in [1.807, 2.05) is 0 Å². The Bertz CT molecular complexity index is 600. The highest BCUT2D eigenvalue weighted by atomic mass is 32.2. The van der Waals surface area contributed by atoms with Crippen molar-refractivity contribution in [1.82, 2.24) is 4.72 Å². The van der Waals surface area contributed by atoms with Crippen LogP contribution in [0, 0.1) is 0 Å². The molecule has 7 heteroatoms. The molecule has 5 nitrogen and oxygen atoms in total. The van der Waals surface area contributed by atoms with Crippen LogP contribution in [0.15, 0.2) is 46.7 Å². The molecular weight excluding hydrogens is 262 g/mol. The number of rotatable bonds is 5. The van der Waals surface area contributed by atoms with Gasteiger partial charge in [-0.2, -0.15) is 0 Å². The number of sulfone groups is 1. The van der Waals surface area contributed by atoms with E-state index in [2.05, 4.69) is 11.3 Å². The predicted molar refractivity (Wildman–Crippen MR) is 64.9 cm³/mol. The molecule has 1 rings (SSSR count). The van der Waals surface area contributed by atoms with Crippen molar-refractivity contribution in [3.8, 4) is 0 Å². The molecule has 0 bridgehead atoms. The molecule has 0 aliphatic heterocycles. The summed E-state index contributed by atoms with van der Waals surface area (Å²) < 4.78 is 48.0. The number of hydrogen-bond acceptors (Lipinski definition) is 4. The minimum Gasteiger partial charge on any atom is -0.224 e. The van der Waals surface area contributed by atoms with Crippen molar-refractivity contribution in [2.75, 3.05) is 12.8 Å². The Labute approximate surface area is 101 Å². The molecule has 0 heterocycles. The second-order valence-corrected chi connectivity index (χ2v) is 7.17. The van der Waals surface area contributed by atoms with Gasteiger partial charge in [-0.15, -0.1) is 6.58 Å². The molecule has 0 amide bonds. The first kappa shape index (κ1) is 13.9. The molecule has 94 valence electrons. The van der Waals surface area contributed by atoms with Gasteiger partial charge < -0.3 is 0 Å². The summed E-state index contributed by atoms with van der Waals surface area (Å²) in [6, 6.07) is 5.03. The largest absolute Gasteiger partial charge is 0.240 e. The number of sulfonamides is 1. The quantitative estimate of drug-likeness (QED) is 0.796. The van der Waals surface area contributed by atoms with Crippen molar-refractivity contribution < 1.29 is 16.8 Å². The van der Waals surface area contributed by atoms with Crippen LogP contribution in [0.1, 0.15) is 0 Å².